The number of carbonyl (C=O) groups excluding carboxylic acids is 1. The standard InChI is InChI=1S/C19H35NO5/c1-4-14(2)12-13-15(3)8-5-6-10-17(21)20-16(19(24)25)9-7-11-18(22)23/h14-16H,4-13H2,1-3H3,(H,20,21)(H,22,23)(H,24,25). The van der Waals surface area contributed by atoms with Crippen molar-refractivity contribution < 1.29 is 24.6 Å². The molecule has 3 N–H and O–H groups in total. The number of hydrogen-bond acceptors (Lipinski definition) is 3. The van der Waals surface area contributed by atoms with Crippen LogP contribution in [0, 0.1) is 11.8 Å². The summed E-state index contributed by atoms with van der Waals surface area (Å²) in [5, 5.41) is 20.2. The first kappa shape index (κ1) is 23.4. The van der Waals surface area contributed by atoms with E-state index in [0.717, 1.165) is 25.2 Å². The molecule has 0 aliphatic carbocycles. The van der Waals surface area contributed by atoms with Gasteiger partial charge in [-0.15, -0.1) is 0 Å². The van der Waals surface area contributed by atoms with Gasteiger partial charge in [-0.1, -0.05) is 52.9 Å². The van der Waals surface area contributed by atoms with Crippen LogP contribution in [-0.4, -0.2) is 34.1 Å². The summed E-state index contributed by atoms with van der Waals surface area (Å²) < 4.78 is 0. The fraction of sp³-hybridized carbons (Fsp3) is 0.842. The van der Waals surface area contributed by atoms with E-state index >= 15 is 0 Å². The van der Waals surface area contributed by atoms with Crippen LogP contribution in [0.25, 0.3) is 0 Å². The Morgan fingerprint density at radius 2 is 1.48 bits per heavy atom. The minimum absolute atomic E-state index is 0.0891. The highest BCUT2D eigenvalue weighted by molar-refractivity contribution is 5.83. The number of amides is 1. The molecule has 0 rings (SSSR count). The van der Waals surface area contributed by atoms with Crippen molar-refractivity contribution in [2.75, 3.05) is 0 Å². The largest absolute Gasteiger partial charge is 0.481 e. The quantitative estimate of drug-likeness (QED) is 0.386. The van der Waals surface area contributed by atoms with Crippen LogP contribution in [-0.2, 0) is 14.4 Å². The van der Waals surface area contributed by atoms with E-state index in [2.05, 4.69) is 26.1 Å². The van der Waals surface area contributed by atoms with Gasteiger partial charge in [0.25, 0.3) is 0 Å². The Hall–Kier alpha value is -1.59. The Labute approximate surface area is 151 Å². The van der Waals surface area contributed by atoms with Crippen molar-refractivity contribution in [3.8, 4) is 0 Å². The molecule has 0 spiro atoms. The molecule has 0 bridgehead atoms. The Balaban J connectivity index is 3.92. The fourth-order valence-electron chi connectivity index (χ4n) is 2.68. The predicted molar refractivity (Wildman–Crippen MR) is 97.4 cm³/mol. The maximum Gasteiger partial charge on any atom is 0.326 e. The van der Waals surface area contributed by atoms with E-state index in [1.807, 2.05) is 0 Å². The molecule has 0 saturated heterocycles. The van der Waals surface area contributed by atoms with E-state index in [0.29, 0.717) is 12.3 Å². The molecule has 0 saturated carbocycles. The van der Waals surface area contributed by atoms with Crippen molar-refractivity contribution in [3.63, 3.8) is 0 Å². The molecule has 3 unspecified atom stereocenters. The van der Waals surface area contributed by atoms with Gasteiger partial charge in [-0.3, -0.25) is 9.59 Å². The molecule has 0 aliphatic heterocycles. The highest BCUT2D eigenvalue weighted by atomic mass is 16.4. The molecule has 0 fully saturated rings. The van der Waals surface area contributed by atoms with Gasteiger partial charge in [-0.2, -0.15) is 0 Å². The van der Waals surface area contributed by atoms with Gasteiger partial charge >= 0.3 is 11.9 Å². The monoisotopic (exact) mass is 357 g/mol. The first-order valence-corrected chi connectivity index (χ1v) is 9.50. The highest BCUT2D eigenvalue weighted by Gasteiger charge is 2.19. The lowest BCUT2D eigenvalue weighted by atomic mass is 9.93. The molecule has 6 heteroatoms. The zero-order chi connectivity index (χ0) is 19.2. The number of unbranched alkanes of at least 4 members (excludes halogenated alkanes) is 1. The van der Waals surface area contributed by atoms with Gasteiger partial charge in [0.1, 0.15) is 6.04 Å². The lowest BCUT2D eigenvalue weighted by Gasteiger charge is -2.15. The lowest BCUT2D eigenvalue weighted by Crippen LogP contribution is -2.40. The number of carboxylic acids is 2. The van der Waals surface area contributed by atoms with E-state index in [-0.39, 0.29) is 25.2 Å². The normalized spacial score (nSPS) is 14.5. The second-order valence-electron chi connectivity index (χ2n) is 7.19. The van der Waals surface area contributed by atoms with Crippen LogP contribution in [0.5, 0.6) is 0 Å². The molecule has 0 aliphatic rings. The van der Waals surface area contributed by atoms with Crippen molar-refractivity contribution in [1.29, 1.82) is 0 Å². The molecule has 0 aromatic carbocycles. The number of aliphatic carboxylic acids is 2. The fourth-order valence-corrected chi connectivity index (χ4v) is 2.68. The average Bonchev–Trinajstić information content (AvgIpc) is 2.55. The summed E-state index contributed by atoms with van der Waals surface area (Å²) in [5.41, 5.74) is 0. The van der Waals surface area contributed by atoms with E-state index in [9.17, 15) is 14.4 Å². The zero-order valence-corrected chi connectivity index (χ0v) is 15.9. The van der Waals surface area contributed by atoms with Gasteiger partial charge in [-0.25, -0.2) is 4.79 Å². The van der Waals surface area contributed by atoms with Gasteiger partial charge in [0.15, 0.2) is 0 Å². The van der Waals surface area contributed by atoms with E-state index in [1.165, 1.54) is 19.3 Å². The number of carboxylic acid groups (broad SMARTS) is 2. The number of nitrogens with one attached hydrogen (secondary N) is 1. The Morgan fingerprint density at radius 1 is 0.840 bits per heavy atom. The third-order valence-corrected chi connectivity index (χ3v) is 4.72. The topological polar surface area (TPSA) is 104 Å². The first-order valence-electron chi connectivity index (χ1n) is 9.50. The summed E-state index contributed by atoms with van der Waals surface area (Å²) in [6.07, 6.45) is 7.08. The molecule has 3 atom stereocenters. The summed E-state index contributed by atoms with van der Waals surface area (Å²) in [6.45, 7) is 6.72. The number of hydrogen-bond donors (Lipinski definition) is 3. The molecule has 25 heavy (non-hydrogen) atoms. The van der Waals surface area contributed by atoms with Crippen LogP contribution >= 0.6 is 0 Å². The molecule has 0 aromatic heterocycles. The van der Waals surface area contributed by atoms with Gasteiger partial charge in [0.05, 0.1) is 0 Å². The van der Waals surface area contributed by atoms with E-state index < -0.39 is 18.0 Å². The van der Waals surface area contributed by atoms with Gasteiger partial charge in [-0.05, 0) is 31.1 Å². The third kappa shape index (κ3) is 13.4. The van der Waals surface area contributed by atoms with Crippen molar-refractivity contribution in [3.05, 3.63) is 0 Å². The van der Waals surface area contributed by atoms with Gasteiger partial charge < -0.3 is 15.5 Å². The van der Waals surface area contributed by atoms with E-state index in [4.69, 9.17) is 10.2 Å². The molecular weight excluding hydrogens is 322 g/mol. The number of rotatable bonds is 15. The molecular formula is C19H35NO5. The minimum atomic E-state index is -1.11. The summed E-state index contributed by atoms with van der Waals surface area (Å²) >= 11 is 0. The number of carbonyl (C=O) groups is 3. The van der Waals surface area contributed by atoms with Crippen molar-refractivity contribution in [2.24, 2.45) is 11.8 Å². The minimum Gasteiger partial charge on any atom is -0.481 e. The highest BCUT2D eigenvalue weighted by Crippen LogP contribution is 2.19. The lowest BCUT2D eigenvalue weighted by molar-refractivity contribution is -0.142. The van der Waals surface area contributed by atoms with Crippen LogP contribution in [0.1, 0.15) is 85.0 Å². The molecule has 6 nitrogen and oxygen atoms in total. The summed E-state index contributed by atoms with van der Waals surface area (Å²) in [5.74, 6) is -0.924. The smallest absolute Gasteiger partial charge is 0.326 e. The van der Waals surface area contributed by atoms with Crippen molar-refractivity contribution in [2.45, 2.75) is 91.0 Å². The summed E-state index contributed by atoms with van der Waals surface area (Å²) in [6, 6.07) is -0.999. The molecule has 0 heterocycles. The molecule has 146 valence electrons. The average molecular weight is 357 g/mol. The third-order valence-electron chi connectivity index (χ3n) is 4.72. The van der Waals surface area contributed by atoms with Crippen molar-refractivity contribution >= 4 is 17.8 Å². The second-order valence-corrected chi connectivity index (χ2v) is 7.19. The summed E-state index contributed by atoms with van der Waals surface area (Å²) in [4.78, 5) is 33.5. The maximum absolute atomic E-state index is 11.9. The van der Waals surface area contributed by atoms with Crippen LogP contribution in [0.3, 0.4) is 0 Å². The van der Waals surface area contributed by atoms with Gasteiger partial charge in [0, 0.05) is 12.8 Å². The van der Waals surface area contributed by atoms with E-state index in [1.54, 1.807) is 0 Å². The van der Waals surface area contributed by atoms with Crippen LogP contribution < -0.4 is 5.32 Å². The maximum atomic E-state index is 11.9. The van der Waals surface area contributed by atoms with Gasteiger partial charge in [0.2, 0.25) is 5.91 Å². The molecule has 0 radical (unpaired) electrons. The Bertz CT molecular complexity index is 411. The van der Waals surface area contributed by atoms with Crippen LogP contribution in [0.2, 0.25) is 0 Å². The Morgan fingerprint density at radius 3 is 2.04 bits per heavy atom. The molecule has 0 aromatic rings. The Kier molecular flexibility index (Phi) is 12.8. The zero-order valence-electron chi connectivity index (χ0n) is 15.9. The summed E-state index contributed by atoms with van der Waals surface area (Å²) in [7, 11) is 0. The predicted octanol–water partition coefficient (Wildman–Crippen LogP) is 3.83. The van der Waals surface area contributed by atoms with Crippen molar-refractivity contribution in [1.82, 2.24) is 5.32 Å². The second kappa shape index (κ2) is 13.7. The van der Waals surface area contributed by atoms with Crippen LogP contribution in [0.15, 0.2) is 0 Å². The SMILES string of the molecule is CCC(C)CCC(C)CCCCC(=O)NC(CCCC(=O)O)C(=O)O. The molecule has 1 amide bonds. The van der Waals surface area contributed by atoms with Crippen LogP contribution in [0.4, 0.5) is 0 Å². The first-order chi connectivity index (χ1) is 11.8.